The van der Waals surface area contributed by atoms with Crippen LogP contribution in [0.15, 0.2) is 18.2 Å². The van der Waals surface area contributed by atoms with Crippen LogP contribution in [-0.2, 0) is 11.3 Å². The molecule has 0 aliphatic carbocycles. The zero-order chi connectivity index (χ0) is 14.0. The Balaban J connectivity index is 2.43. The standard InChI is InChI=1S/C13H15ClN2O2S/c1-3-11-12(19)15-10-5-4-9(14)6-8(10)7-16(11)13(17)18-2/h4-6,11H,3,7H2,1-2H3,(H,15,19). The van der Waals surface area contributed by atoms with E-state index < -0.39 is 0 Å². The third kappa shape index (κ3) is 2.82. The summed E-state index contributed by atoms with van der Waals surface area (Å²) in [7, 11) is 1.37. The number of halogens is 1. The van der Waals surface area contributed by atoms with E-state index in [2.05, 4.69) is 5.32 Å². The average Bonchev–Trinajstić information content (AvgIpc) is 2.53. The highest BCUT2D eigenvalue weighted by atomic mass is 35.5. The molecular weight excluding hydrogens is 284 g/mol. The number of nitrogens with one attached hydrogen (secondary N) is 1. The maximum Gasteiger partial charge on any atom is 0.410 e. The number of fused-ring (bicyclic) bond motifs is 1. The van der Waals surface area contributed by atoms with Gasteiger partial charge in [0.15, 0.2) is 0 Å². The maximum atomic E-state index is 11.9. The summed E-state index contributed by atoms with van der Waals surface area (Å²) >= 11 is 11.4. The van der Waals surface area contributed by atoms with E-state index >= 15 is 0 Å². The Hall–Kier alpha value is -1.33. The van der Waals surface area contributed by atoms with Crippen molar-refractivity contribution < 1.29 is 9.53 Å². The molecule has 0 fully saturated rings. The first-order valence-corrected chi connectivity index (χ1v) is 6.79. The zero-order valence-corrected chi connectivity index (χ0v) is 12.3. The summed E-state index contributed by atoms with van der Waals surface area (Å²) in [5, 5.41) is 3.81. The van der Waals surface area contributed by atoms with Crippen molar-refractivity contribution in [3.8, 4) is 0 Å². The molecule has 2 rings (SSSR count). The first-order chi connectivity index (χ1) is 9.06. The molecule has 0 bridgehead atoms. The molecule has 0 spiro atoms. The monoisotopic (exact) mass is 298 g/mol. The van der Waals surface area contributed by atoms with E-state index in [1.54, 1.807) is 11.0 Å². The number of anilines is 1. The van der Waals surface area contributed by atoms with E-state index in [1.165, 1.54) is 7.11 Å². The number of carbonyl (C=O) groups is 1. The summed E-state index contributed by atoms with van der Waals surface area (Å²) in [5.74, 6) is 0. The van der Waals surface area contributed by atoms with Gasteiger partial charge in [0.25, 0.3) is 0 Å². The molecule has 1 N–H and O–H groups in total. The normalized spacial score (nSPS) is 18.4. The van der Waals surface area contributed by atoms with Crippen LogP contribution in [0.2, 0.25) is 5.02 Å². The van der Waals surface area contributed by atoms with Crippen LogP contribution in [0.25, 0.3) is 0 Å². The number of thiocarbonyl (C=S) groups is 1. The fraction of sp³-hybridized carbons (Fsp3) is 0.385. The van der Waals surface area contributed by atoms with Gasteiger partial charge in [0, 0.05) is 10.7 Å². The molecule has 1 aromatic carbocycles. The first-order valence-electron chi connectivity index (χ1n) is 6.00. The Bertz CT molecular complexity index is 521. The maximum absolute atomic E-state index is 11.9. The lowest BCUT2D eigenvalue weighted by molar-refractivity contribution is 0.113. The molecule has 0 aromatic heterocycles. The first kappa shape index (κ1) is 14.1. The number of carbonyl (C=O) groups excluding carboxylic acids is 1. The Labute approximate surface area is 122 Å². The highest BCUT2D eigenvalue weighted by Gasteiger charge is 2.30. The highest BCUT2D eigenvalue weighted by Crippen LogP contribution is 2.27. The van der Waals surface area contributed by atoms with E-state index in [4.69, 9.17) is 28.6 Å². The van der Waals surface area contributed by atoms with Crippen LogP contribution in [0, 0.1) is 0 Å². The number of methoxy groups -OCH3 is 1. The van der Waals surface area contributed by atoms with Crippen LogP contribution in [-0.4, -0.2) is 29.1 Å². The quantitative estimate of drug-likeness (QED) is 0.807. The molecule has 0 saturated carbocycles. The van der Waals surface area contributed by atoms with Crippen molar-refractivity contribution >= 4 is 40.6 Å². The van der Waals surface area contributed by atoms with Crippen molar-refractivity contribution in [2.45, 2.75) is 25.9 Å². The molecule has 0 radical (unpaired) electrons. The van der Waals surface area contributed by atoms with Gasteiger partial charge in [-0.1, -0.05) is 30.7 Å². The van der Waals surface area contributed by atoms with E-state index in [9.17, 15) is 4.79 Å². The number of rotatable bonds is 1. The number of amides is 1. The predicted molar refractivity (Wildman–Crippen MR) is 79.7 cm³/mol. The second-order valence-electron chi connectivity index (χ2n) is 4.31. The molecule has 1 heterocycles. The van der Waals surface area contributed by atoms with Gasteiger partial charge in [0.1, 0.15) is 4.99 Å². The van der Waals surface area contributed by atoms with Crippen molar-refractivity contribution in [1.29, 1.82) is 0 Å². The topological polar surface area (TPSA) is 41.6 Å². The van der Waals surface area contributed by atoms with E-state index in [0.717, 1.165) is 17.7 Å². The molecule has 1 atom stereocenters. The van der Waals surface area contributed by atoms with E-state index in [0.29, 0.717) is 16.6 Å². The van der Waals surface area contributed by atoms with Crippen molar-refractivity contribution in [3.63, 3.8) is 0 Å². The second-order valence-corrected chi connectivity index (χ2v) is 5.19. The van der Waals surface area contributed by atoms with Gasteiger partial charge in [0.05, 0.1) is 19.7 Å². The van der Waals surface area contributed by atoms with Crippen LogP contribution in [0.4, 0.5) is 10.5 Å². The van der Waals surface area contributed by atoms with E-state index in [1.807, 2.05) is 19.1 Å². The lowest BCUT2D eigenvalue weighted by Gasteiger charge is -2.27. The van der Waals surface area contributed by atoms with Crippen molar-refractivity contribution in [2.24, 2.45) is 0 Å². The zero-order valence-electron chi connectivity index (χ0n) is 10.8. The summed E-state index contributed by atoms with van der Waals surface area (Å²) < 4.78 is 4.84. The summed E-state index contributed by atoms with van der Waals surface area (Å²) in [6.07, 6.45) is 0.340. The molecule has 1 aliphatic heterocycles. The van der Waals surface area contributed by atoms with Gasteiger partial charge in [-0.05, 0) is 30.2 Å². The molecule has 1 amide bonds. The third-order valence-electron chi connectivity index (χ3n) is 3.14. The Morgan fingerprint density at radius 3 is 3.00 bits per heavy atom. The highest BCUT2D eigenvalue weighted by molar-refractivity contribution is 7.80. The van der Waals surface area contributed by atoms with Crippen LogP contribution >= 0.6 is 23.8 Å². The third-order valence-corrected chi connectivity index (χ3v) is 3.75. The van der Waals surface area contributed by atoms with Gasteiger partial charge in [-0.3, -0.25) is 4.90 Å². The smallest absolute Gasteiger partial charge is 0.410 e. The van der Waals surface area contributed by atoms with Crippen molar-refractivity contribution in [2.75, 3.05) is 12.4 Å². The molecule has 6 heteroatoms. The van der Waals surface area contributed by atoms with Gasteiger partial charge in [-0.15, -0.1) is 0 Å². The summed E-state index contributed by atoms with van der Waals surface area (Å²) in [5.41, 5.74) is 1.82. The van der Waals surface area contributed by atoms with Crippen LogP contribution in [0.1, 0.15) is 18.9 Å². The molecule has 1 unspecified atom stereocenters. The number of ether oxygens (including phenoxy) is 1. The van der Waals surface area contributed by atoms with Gasteiger partial charge >= 0.3 is 6.09 Å². The number of hydrogen-bond donors (Lipinski definition) is 1. The molecule has 1 aliphatic rings. The Morgan fingerprint density at radius 1 is 1.63 bits per heavy atom. The van der Waals surface area contributed by atoms with Crippen LogP contribution < -0.4 is 5.32 Å². The van der Waals surface area contributed by atoms with Crippen molar-refractivity contribution in [3.05, 3.63) is 28.8 Å². The minimum absolute atomic E-state index is 0.173. The van der Waals surface area contributed by atoms with Crippen molar-refractivity contribution in [1.82, 2.24) is 4.90 Å². The van der Waals surface area contributed by atoms with E-state index in [-0.39, 0.29) is 12.1 Å². The molecule has 102 valence electrons. The Morgan fingerprint density at radius 2 is 2.37 bits per heavy atom. The van der Waals surface area contributed by atoms with Crippen LogP contribution in [0.3, 0.4) is 0 Å². The van der Waals surface area contributed by atoms with Gasteiger partial charge in [0.2, 0.25) is 0 Å². The Kier molecular flexibility index (Phi) is 4.27. The average molecular weight is 299 g/mol. The SMILES string of the molecule is CCC1C(=S)Nc2ccc(Cl)cc2CN1C(=O)OC. The summed E-state index contributed by atoms with van der Waals surface area (Å²) in [4.78, 5) is 14.2. The van der Waals surface area contributed by atoms with Gasteiger partial charge in [-0.25, -0.2) is 4.79 Å². The molecule has 0 saturated heterocycles. The number of benzene rings is 1. The summed E-state index contributed by atoms with van der Waals surface area (Å²) in [6.45, 7) is 2.41. The lowest BCUT2D eigenvalue weighted by atomic mass is 10.1. The number of hydrogen-bond acceptors (Lipinski definition) is 3. The number of nitrogens with zero attached hydrogens (tertiary/aromatic N) is 1. The molecular formula is C13H15ClN2O2S. The fourth-order valence-corrected chi connectivity index (χ4v) is 2.78. The molecule has 4 nitrogen and oxygen atoms in total. The van der Waals surface area contributed by atoms with Gasteiger partial charge < -0.3 is 10.1 Å². The minimum Gasteiger partial charge on any atom is -0.453 e. The largest absolute Gasteiger partial charge is 0.453 e. The van der Waals surface area contributed by atoms with Gasteiger partial charge in [-0.2, -0.15) is 0 Å². The summed E-state index contributed by atoms with van der Waals surface area (Å²) in [6, 6.07) is 5.33. The molecule has 19 heavy (non-hydrogen) atoms. The minimum atomic E-state index is -0.385. The molecule has 1 aromatic rings. The van der Waals surface area contributed by atoms with Crippen LogP contribution in [0.5, 0.6) is 0 Å². The fourth-order valence-electron chi connectivity index (χ4n) is 2.18. The predicted octanol–water partition coefficient (Wildman–Crippen LogP) is 3.44. The lowest BCUT2D eigenvalue weighted by Crippen LogP contribution is -2.44. The second kappa shape index (κ2) is 5.75.